The van der Waals surface area contributed by atoms with Crippen LogP contribution in [0, 0.1) is 9.39 Å². The number of anilines is 1. The van der Waals surface area contributed by atoms with Crippen LogP contribution in [-0.2, 0) is 14.8 Å². The number of rotatable bonds is 4. The standard InChI is InChI=1S/C15H13FINO4S/c1-18(10-6-4-3-5-7-10)23(20,21)14-9-13(17)12(16)8-11(14)15(19)22-2/h3-9H,1-2H3. The predicted octanol–water partition coefficient (Wildman–Crippen LogP) is 3.04. The molecule has 0 amide bonds. The third-order valence-electron chi connectivity index (χ3n) is 3.19. The van der Waals surface area contributed by atoms with E-state index in [1.54, 1.807) is 52.9 Å². The van der Waals surface area contributed by atoms with Crippen LogP contribution in [0.1, 0.15) is 10.4 Å². The number of carbonyl (C=O) groups excluding carboxylic acids is 1. The van der Waals surface area contributed by atoms with Crippen molar-refractivity contribution in [3.05, 3.63) is 57.4 Å². The third-order valence-corrected chi connectivity index (χ3v) is 5.84. The second-order valence-electron chi connectivity index (χ2n) is 4.56. The zero-order valence-corrected chi connectivity index (χ0v) is 15.3. The Balaban J connectivity index is 2.64. The molecule has 2 rings (SSSR count). The highest BCUT2D eigenvalue weighted by atomic mass is 127. The number of methoxy groups -OCH3 is 1. The normalized spacial score (nSPS) is 11.1. The number of halogens is 2. The first-order chi connectivity index (χ1) is 10.8. The molecule has 2 aromatic carbocycles. The summed E-state index contributed by atoms with van der Waals surface area (Å²) in [5.41, 5.74) is 0.0795. The van der Waals surface area contributed by atoms with Crippen molar-refractivity contribution in [2.24, 2.45) is 0 Å². The van der Waals surface area contributed by atoms with E-state index in [1.165, 1.54) is 7.05 Å². The van der Waals surface area contributed by atoms with Gasteiger partial charge in [0.15, 0.2) is 0 Å². The molecule has 0 atom stereocenters. The van der Waals surface area contributed by atoms with Crippen molar-refractivity contribution in [1.82, 2.24) is 0 Å². The van der Waals surface area contributed by atoms with Gasteiger partial charge in [-0.05, 0) is 46.9 Å². The highest BCUT2D eigenvalue weighted by Crippen LogP contribution is 2.27. The monoisotopic (exact) mass is 449 g/mol. The van der Waals surface area contributed by atoms with Crippen molar-refractivity contribution in [2.75, 3.05) is 18.5 Å². The molecule has 0 radical (unpaired) electrons. The van der Waals surface area contributed by atoms with E-state index in [0.717, 1.165) is 23.5 Å². The first-order valence-electron chi connectivity index (χ1n) is 6.40. The quantitative estimate of drug-likeness (QED) is 0.532. The summed E-state index contributed by atoms with van der Waals surface area (Å²) < 4.78 is 45.1. The molecule has 122 valence electrons. The van der Waals surface area contributed by atoms with Crippen LogP contribution in [-0.4, -0.2) is 28.5 Å². The summed E-state index contributed by atoms with van der Waals surface area (Å²) in [6, 6.07) is 10.4. The van der Waals surface area contributed by atoms with E-state index in [0.29, 0.717) is 5.69 Å². The number of benzene rings is 2. The Morgan fingerprint density at radius 1 is 1.22 bits per heavy atom. The Morgan fingerprint density at radius 2 is 1.83 bits per heavy atom. The Labute approximate surface area is 147 Å². The van der Waals surface area contributed by atoms with Crippen LogP contribution in [0.5, 0.6) is 0 Å². The molecule has 0 aliphatic rings. The molecule has 23 heavy (non-hydrogen) atoms. The lowest BCUT2D eigenvalue weighted by Crippen LogP contribution is -2.28. The molecule has 0 saturated carbocycles. The van der Waals surface area contributed by atoms with Gasteiger partial charge in [-0.3, -0.25) is 4.31 Å². The minimum atomic E-state index is -4.06. The maximum absolute atomic E-state index is 13.7. The van der Waals surface area contributed by atoms with Gasteiger partial charge >= 0.3 is 5.97 Å². The van der Waals surface area contributed by atoms with Gasteiger partial charge in [-0.1, -0.05) is 18.2 Å². The summed E-state index contributed by atoms with van der Waals surface area (Å²) in [5, 5.41) is 0. The van der Waals surface area contributed by atoms with E-state index in [9.17, 15) is 17.6 Å². The first kappa shape index (κ1) is 17.7. The lowest BCUT2D eigenvalue weighted by Gasteiger charge is -2.21. The van der Waals surface area contributed by atoms with Crippen molar-refractivity contribution in [2.45, 2.75) is 4.90 Å². The zero-order chi connectivity index (χ0) is 17.2. The molecule has 0 N–H and O–H groups in total. The molecule has 2 aromatic rings. The van der Waals surface area contributed by atoms with E-state index in [-0.39, 0.29) is 14.0 Å². The molecule has 0 aromatic heterocycles. The number of sulfonamides is 1. The Bertz CT molecular complexity index is 840. The molecule has 0 heterocycles. The minimum absolute atomic E-state index is 0.0929. The summed E-state index contributed by atoms with van der Waals surface area (Å²) in [4.78, 5) is 11.5. The van der Waals surface area contributed by atoms with Crippen molar-refractivity contribution in [3.8, 4) is 0 Å². The number of nitrogens with zero attached hydrogens (tertiary/aromatic N) is 1. The average molecular weight is 449 g/mol. The summed E-state index contributed by atoms with van der Waals surface area (Å²) in [6.07, 6.45) is 0. The average Bonchev–Trinajstić information content (AvgIpc) is 2.56. The summed E-state index contributed by atoms with van der Waals surface area (Å²) in [7, 11) is -1.59. The number of esters is 1. The number of hydrogen-bond acceptors (Lipinski definition) is 4. The Kier molecular flexibility index (Phi) is 5.25. The number of para-hydroxylation sites is 1. The minimum Gasteiger partial charge on any atom is -0.465 e. The van der Waals surface area contributed by atoms with Crippen molar-refractivity contribution in [1.29, 1.82) is 0 Å². The highest BCUT2D eigenvalue weighted by Gasteiger charge is 2.29. The maximum atomic E-state index is 13.7. The molecule has 0 saturated heterocycles. The van der Waals surface area contributed by atoms with Crippen molar-refractivity contribution < 1.29 is 22.3 Å². The lowest BCUT2D eigenvalue weighted by molar-refractivity contribution is 0.0595. The molecular formula is C15H13FINO4S. The molecule has 0 unspecified atom stereocenters. The predicted molar refractivity (Wildman–Crippen MR) is 92.5 cm³/mol. The maximum Gasteiger partial charge on any atom is 0.339 e. The fraction of sp³-hybridized carbons (Fsp3) is 0.133. The fourth-order valence-corrected chi connectivity index (χ4v) is 4.00. The van der Waals surface area contributed by atoms with Crippen LogP contribution < -0.4 is 4.31 Å². The Morgan fingerprint density at radius 3 is 2.39 bits per heavy atom. The second kappa shape index (κ2) is 6.83. The van der Waals surface area contributed by atoms with Gasteiger partial charge in [0.25, 0.3) is 10.0 Å². The van der Waals surface area contributed by atoms with Crippen LogP contribution in [0.25, 0.3) is 0 Å². The molecule has 0 fully saturated rings. The smallest absolute Gasteiger partial charge is 0.339 e. The van der Waals surface area contributed by atoms with Crippen LogP contribution >= 0.6 is 22.6 Å². The van der Waals surface area contributed by atoms with Crippen LogP contribution in [0.2, 0.25) is 0 Å². The van der Waals surface area contributed by atoms with E-state index in [2.05, 4.69) is 4.74 Å². The number of ether oxygens (including phenoxy) is 1. The van der Waals surface area contributed by atoms with E-state index >= 15 is 0 Å². The topological polar surface area (TPSA) is 63.7 Å². The van der Waals surface area contributed by atoms with Gasteiger partial charge in [0.2, 0.25) is 0 Å². The number of hydrogen-bond donors (Lipinski definition) is 0. The van der Waals surface area contributed by atoms with Gasteiger partial charge in [0.05, 0.1) is 21.9 Å². The van der Waals surface area contributed by atoms with Gasteiger partial charge in [-0.15, -0.1) is 0 Å². The van der Waals surface area contributed by atoms with Crippen molar-refractivity contribution in [3.63, 3.8) is 0 Å². The van der Waals surface area contributed by atoms with Crippen molar-refractivity contribution >= 4 is 44.3 Å². The van der Waals surface area contributed by atoms with Gasteiger partial charge in [0, 0.05) is 7.05 Å². The molecule has 8 heteroatoms. The van der Waals surface area contributed by atoms with Gasteiger partial charge < -0.3 is 4.74 Å². The van der Waals surface area contributed by atoms with Gasteiger partial charge in [-0.25, -0.2) is 17.6 Å². The zero-order valence-electron chi connectivity index (χ0n) is 12.3. The summed E-state index contributed by atoms with van der Waals surface area (Å²) in [5.74, 6) is -1.60. The second-order valence-corrected chi connectivity index (χ2v) is 7.66. The van der Waals surface area contributed by atoms with Crippen LogP contribution in [0.3, 0.4) is 0 Å². The Hall–Kier alpha value is -1.68. The third kappa shape index (κ3) is 3.47. The SMILES string of the molecule is COC(=O)c1cc(F)c(I)cc1S(=O)(=O)N(C)c1ccccc1. The molecule has 0 aliphatic heterocycles. The molecular weight excluding hydrogens is 436 g/mol. The molecule has 0 spiro atoms. The van der Waals surface area contributed by atoms with Crippen LogP contribution in [0.4, 0.5) is 10.1 Å². The van der Waals surface area contributed by atoms with Gasteiger partial charge in [0.1, 0.15) is 10.7 Å². The molecule has 0 aliphatic carbocycles. The molecule has 0 bridgehead atoms. The van der Waals surface area contributed by atoms with E-state index < -0.39 is 21.8 Å². The highest BCUT2D eigenvalue weighted by molar-refractivity contribution is 14.1. The fourth-order valence-electron chi connectivity index (χ4n) is 1.94. The number of carbonyl (C=O) groups is 1. The largest absolute Gasteiger partial charge is 0.465 e. The molecule has 5 nitrogen and oxygen atoms in total. The summed E-state index contributed by atoms with van der Waals surface area (Å²) >= 11 is 1.67. The van der Waals surface area contributed by atoms with E-state index in [4.69, 9.17) is 0 Å². The van der Waals surface area contributed by atoms with Crippen LogP contribution in [0.15, 0.2) is 47.4 Å². The van der Waals surface area contributed by atoms with Gasteiger partial charge in [-0.2, -0.15) is 0 Å². The van der Waals surface area contributed by atoms with E-state index in [1.807, 2.05) is 0 Å². The summed E-state index contributed by atoms with van der Waals surface area (Å²) in [6.45, 7) is 0. The lowest BCUT2D eigenvalue weighted by atomic mass is 10.2. The first-order valence-corrected chi connectivity index (χ1v) is 8.92.